The molecule has 0 aromatic carbocycles. The van der Waals surface area contributed by atoms with Crippen LogP contribution in [0.1, 0.15) is 25.6 Å². The quantitative estimate of drug-likeness (QED) is 0.886. The van der Waals surface area contributed by atoms with Gasteiger partial charge in [0.15, 0.2) is 4.60 Å². The van der Waals surface area contributed by atoms with Crippen molar-refractivity contribution in [2.45, 2.75) is 25.6 Å². The molecule has 0 fully saturated rings. The minimum absolute atomic E-state index is 0.539. The number of hydrogen-bond acceptors (Lipinski definition) is 4. The van der Waals surface area contributed by atoms with Crippen LogP contribution >= 0.6 is 15.9 Å². The fourth-order valence-corrected chi connectivity index (χ4v) is 1.61. The predicted octanol–water partition coefficient (Wildman–Crippen LogP) is 1.04. The summed E-state index contributed by atoms with van der Waals surface area (Å²) in [6.45, 7) is 3.61. The van der Waals surface area contributed by atoms with Gasteiger partial charge in [0.1, 0.15) is 11.8 Å². The molecule has 1 heterocycles. The molecule has 1 N–H and O–H groups in total. The van der Waals surface area contributed by atoms with Gasteiger partial charge >= 0.3 is 0 Å². The first-order valence-corrected chi connectivity index (χ1v) is 4.97. The number of ether oxygens (including phenoxy) is 1. The lowest BCUT2D eigenvalue weighted by Gasteiger charge is -2.28. The largest absolute Gasteiger partial charge is 0.384 e. The number of aryl methyl sites for hydroxylation is 1. The van der Waals surface area contributed by atoms with Gasteiger partial charge in [-0.3, -0.25) is 0 Å². The third-order valence-corrected chi connectivity index (χ3v) is 2.84. The molecular weight excluding hydrogens is 250 g/mol. The average Bonchev–Trinajstić information content (AvgIpc) is 2.45. The van der Waals surface area contributed by atoms with Crippen LogP contribution < -0.4 is 0 Å². The number of halogens is 1. The molecule has 1 rings (SSSR count). The Hall–Kier alpha value is -0.460. The van der Waals surface area contributed by atoms with Crippen molar-refractivity contribution < 1.29 is 9.84 Å². The molecule has 6 heteroatoms. The SMILES string of the molecule is COC(C)(C)C(O)c1c(Br)nnn1C. The van der Waals surface area contributed by atoms with E-state index in [1.165, 1.54) is 4.68 Å². The number of aliphatic hydroxyl groups excluding tert-OH is 1. The fourth-order valence-electron chi connectivity index (χ4n) is 1.07. The number of hydrogen-bond donors (Lipinski definition) is 1. The van der Waals surface area contributed by atoms with Gasteiger partial charge in [0.2, 0.25) is 0 Å². The van der Waals surface area contributed by atoms with Crippen molar-refractivity contribution in [2.75, 3.05) is 7.11 Å². The van der Waals surface area contributed by atoms with Crippen molar-refractivity contribution >= 4 is 15.9 Å². The molecule has 1 atom stereocenters. The molecule has 0 aliphatic heterocycles. The standard InChI is InChI=1S/C8H14BrN3O2/c1-8(2,14-4)6(13)5-7(9)10-11-12(5)3/h6,13H,1-4H3. The van der Waals surface area contributed by atoms with Crippen molar-refractivity contribution in [1.82, 2.24) is 15.0 Å². The topological polar surface area (TPSA) is 60.2 Å². The third-order valence-electron chi connectivity index (χ3n) is 2.27. The van der Waals surface area contributed by atoms with Gasteiger partial charge in [-0.05, 0) is 29.8 Å². The molecule has 0 radical (unpaired) electrons. The van der Waals surface area contributed by atoms with Crippen LogP contribution in [0, 0.1) is 0 Å². The van der Waals surface area contributed by atoms with Gasteiger partial charge in [-0.1, -0.05) is 5.21 Å². The van der Waals surface area contributed by atoms with Crippen molar-refractivity contribution in [3.63, 3.8) is 0 Å². The Kier molecular flexibility index (Phi) is 3.28. The van der Waals surface area contributed by atoms with Crippen LogP contribution in [0.4, 0.5) is 0 Å². The zero-order valence-electron chi connectivity index (χ0n) is 8.65. The molecule has 0 spiro atoms. The number of nitrogens with zero attached hydrogens (tertiary/aromatic N) is 3. The molecule has 5 nitrogen and oxygen atoms in total. The number of aromatic nitrogens is 3. The Morgan fingerprint density at radius 1 is 1.57 bits per heavy atom. The first-order valence-electron chi connectivity index (χ1n) is 4.18. The molecule has 1 aromatic heterocycles. The summed E-state index contributed by atoms with van der Waals surface area (Å²) in [6.07, 6.45) is -0.776. The Morgan fingerprint density at radius 2 is 2.14 bits per heavy atom. The lowest BCUT2D eigenvalue weighted by atomic mass is 9.99. The molecule has 1 aromatic rings. The third kappa shape index (κ3) is 1.97. The lowest BCUT2D eigenvalue weighted by Crippen LogP contribution is -2.32. The normalized spacial score (nSPS) is 14.4. The molecule has 80 valence electrons. The maximum absolute atomic E-state index is 10.0. The second kappa shape index (κ2) is 3.96. The number of aliphatic hydroxyl groups is 1. The Bertz CT molecular complexity index is 305. The van der Waals surface area contributed by atoms with E-state index in [1.54, 1.807) is 28.0 Å². The zero-order chi connectivity index (χ0) is 10.9. The molecule has 0 aliphatic rings. The molecule has 0 saturated heterocycles. The Balaban J connectivity index is 3.06. The number of rotatable bonds is 3. The average molecular weight is 264 g/mol. The summed E-state index contributed by atoms with van der Waals surface area (Å²) in [5.74, 6) is 0. The Labute approximate surface area is 91.2 Å². The van der Waals surface area contributed by atoms with Gasteiger partial charge in [0.25, 0.3) is 0 Å². The van der Waals surface area contributed by atoms with Crippen LogP contribution in [0.2, 0.25) is 0 Å². The second-order valence-electron chi connectivity index (χ2n) is 3.60. The van der Waals surface area contributed by atoms with Crippen molar-refractivity contribution in [3.8, 4) is 0 Å². The Morgan fingerprint density at radius 3 is 2.50 bits per heavy atom. The molecular formula is C8H14BrN3O2. The van der Waals surface area contributed by atoms with Crippen LogP contribution in [0.25, 0.3) is 0 Å². The van der Waals surface area contributed by atoms with Crippen LogP contribution in [-0.2, 0) is 11.8 Å². The second-order valence-corrected chi connectivity index (χ2v) is 4.35. The van der Waals surface area contributed by atoms with Crippen LogP contribution in [-0.4, -0.2) is 32.8 Å². The summed E-state index contributed by atoms with van der Waals surface area (Å²) >= 11 is 3.23. The molecule has 0 saturated carbocycles. The summed E-state index contributed by atoms with van der Waals surface area (Å²) in [6, 6.07) is 0. The van der Waals surface area contributed by atoms with E-state index in [1.807, 2.05) is 0 Å². The van der Waals surface area contributed by atoms with Gasteiger partial charge in [0, 0.05) is 14.2 Å². The monoisotopic (exact) mass is 263 g/mol. The highest BCUT2D eigenvalue weighted by Crippen LogP contribution is 2.31. The smallest absolute Gasteiger partial charge is 0.154 e. The van der Waals surface area contributed by atoms with Crippen molar-refractivity contribution in [3.05, 3.63) is 10.3 Å². The van der Waals surface area contributed by atoms with E-state index in [9.17, 15) is 5.11 Å². The molecule has 0 aliphatic carbocycles. The van der Waals surface area contributed by atoms with E-state index >= 15 is 0 Å². The first-order chi connectivity index (χ1) is 6.40. The molecule has 14 heavy (non-hydrogen) atoms. The van der Waals surface area contributed by atoms with Gasteiger partial charge in [0.05, 0.1) is 5.60 Å². The maximum Gasteiger partial charge on any atom is 0.154 e. The van der Waals surface area contributed by atoms with E-state index in [0.717, 1.165) is 0 Å². The van der Waals surface area contributed by atoms with Gasteiger partial charge in [-0.15, -0.1) is 5.10 Å². The van der Waals surface area contributed by atoms with Crippen LogP contribution in [0.3, 0.4) is 0 Å². The van der Waals surface area contributed by atoms with Crippen molar-refractivity contribution in [1.29, 1.82) is 0 Å². The van der Waals surface area contributed by atoms with Crippen LogP contribution in [0.15, 0.2) is 4.60 Å². The summed E-state index contributed by atoms with van der Waals surface area (Å²) in [5.41, 5.74) is -0.0605. The predicted molar refractivity (Wildman–Crippen MR) is 54.8 cm³/mol. The van der Waals surface area contributed by atoms with Gasteiger partial charge in [-0.2, -0.15) is 0 Å². The summed E-state index contributed by atoms with van der Waals surface area (Å²) in [7, 11) is 3.28. The summed E-state index contributed by atoms with van der Waals surface area (Å²) in [4.78, 5) is 0. The first kappa shape index (κ1) is 11.6. The molecule has 0 bridgehead atoms. The minimum atomic E-state index is -0.776. The van der Waals surface area contributed by atoms with Crippen molar-refractivity contribution in [2.24, 2.45) is 7.05 Å². The van der Waals surface area contributed by atoms with E-state index in [0.29, 0.717) is 10.3 Å². The van der Waals surface area contributed by atoms with E-state index in [4.69, 9.17) is 4.74 Å². The van der Waals surface area contributed by atoms with Gasteiger partial charge in [-0.25, -0.2) is 4.68 Å². The van der Waals surface area contributed by atoms with E-state index < -0.39 is 11.7 Å². The lowest BCUT2D eigenvalue weighted by molar-refractivity contribution is -0.0826. The van der Waals surface area contributed by atoms with Gasteiger partial charge < -0.3 is 9.84 Å². The fraction of sp³-hybridized carbons (Fsp3) is 0.750. The van der Waals surface area contributed by atoms with E-state index in [-0.39, 0.29) is 0 Å². The highest BCUT2D eigenvalue weighted by Gasteiger charge is 2.33. The molecule has 0 amide bonds. The molecule has 1 unspecified atom stereocenters. The zero-order valence-corrected chi connectivity index (χ0v) is 10.2. The highest BCUT2D eigenvalue weighted by atomic mass is 79.9. The maximum atomic E-state index is 10.0. The number of methoxy groups -OCH3 is 1. The highest BCUT2D eigenvalue weighted by molar-refractivity contribution is 9.10. The summed E-state index contributed by atoms with van der Waals surface area (Å²) < 4.78 is 7.26. The summed E-state index contributed by atoms with van der Waals surface area (Å²) in [5, 5.41) is 17.6. The van der Waals surface area contributed by atoms with Crippen LogP contribution in [0.5, 0.6) is 0 Å². The minimum Gasteiger partial charge on any atom is -0.384 e. The van der Waals surface area contributed by atoms with E-state index in [2.05, 4.69) is 26.2 Å².